The molecule has 0 bridgehead atoms. The molecule has 0 saturated heterocycles. The van der Waals surface area contributed by atoms with Crippen LogP contribution in [0.4, 0.5) is 17.6 Å². The normalized spacial score (nSPS) is 11.1. The Kier molecular flexibility index (Phi) is 64.6. The smallest absolute Gasteiger partial charge is 0.417 e. The van der Waals surface area contributed by atoms with E-state index in [1.165, 1.54) is 64.6 Å². The number of fused-ring (bicyclic) bond motifs is 3. The van der Waals surface area contributed by atoms with E-state index in [0.717, 1.165) is 80.7 Å². The summed E-state index contributed by atoms with van der Waals surface area (Å²) in [4.78, 5) is 52.5. The largest absolute Gasteiger partial charge is 0.477 e. The third-order valence-corrected chi connectivity index (χ3v) is 15.6. The van der Waals surface area contributed by atoms with Crippen LogP contribution in [0.5, 0.6) is 0 Å². The Balaban J connectivity index is 0. The van der Waals surface area contributed by atoms with Crippen molar-refractivity contribution >= 4 is 33.6 Å². The van der Waals surface area contributed by atoms with Crippen molar-refractivity contribution in [3.8, 4) is 45.0 Å². The summed E-state index contributed by atoms with van der Waals surface area (Å²) in [5, 5.41) is 71.5. The van der Waals surface area contributed by atoms with Crippen molar-refractivity contribution in [3.63, 3.8) is 0 Å². The first kappa shape index (κ1) is 120. The van der Waals surface area contributed by atoms with Gasteiger partial charge in [-0.25, -0.2) is 19.6 Å². The molecule has 6 radical (unpaired) electrons. The average Bonchev–Trinajstić information content (AvgIpc) is 0.804. The number of aromatic nitrogens is 8. The number of benzene rings is 7. The molecule has 28 heteroatoms. The molecule has 15 aromatic rings. The maximum atomic E-state index is 12.6. The summed E-state index contributed by atoms with van der Waals surface area (Å²) < 4.78 is 49.5. The Hall–Kier alpha value is -9.50. The first-order valence-corrected chi connectivity index (χ1v) is 38.3. The van der Waals surface area contributed by atoms with Gasteiger partial charge in [-0.2, -0.15) is 49.1 Å². The molecule has 0 amide bonds. The number of carbonyl (C=O) groups is 2. The van der Waals surface area contributed by atoms with Crippen LogP contribution in [0, 0.1) is 56.1 Å². The van der Waals surface area contributed by atoms with Gasteiger partial charge in [0.25, 0.3) is 0 Å². The van der Waals surface area contributed by atoms with Gasteiger partial charge in [0.1, 0.15) is 11.4 Å². The van der Waals surface area contributed by atoms with Crippen LogP contribution in [0.25, 0.3) is 66.7 Å². The van der Waals surface area contributed by atoms with Gasteiger partial charge < -0.3 is 65.8 Å². The first-order valence-electron chi connectivity index (χ1n) is 38.3. The molecule has 6 atom stereocenters. The number of halogens is 4. The number of carboxylic acid groups (broad SMARTS) is 2. The first-order chi connectivity index (χ1) is 58.0. The van der Waals surface area contributed by atoms with E-state index in [4.69, 9.17) is 40.9 Å². The Bertz CT molecular complexity index is 4940. The van der Waals surface area contributed by atoms with E-state index in [1.54, 1.807) is 84.4 Å². The van der Waals surface area contributed by atoms with E-state index >= 15 is 0 Å². The van der Waals surface area contributed by atoms with E-state index in [2.05, 4.69) is 133 Å². The molecule has 682 valence electrons. The Morgan fingerprint density at radius 3 is 1.13 bits per heavy atom. The van der Waals surface area contributed by atoms with Gasteiger partial charge in [0.2, 0.25) is 0 Å². The van der Waals surface area contributed by atoms with Gasteiger partial charge in [0, 0.05) is 180 Å². The molecule has 127 heavy (non-hydrogen) atoms. The van der Waals surface area contributed by atoms with Gasteiger partial charge in [-0.05, 0) is 162 Å². The molecule has 6 unspecified atom stereocenters. The Morgan fingerprint density at radius 1 is 0.378 bits per heavy atom. The number of rotatable bonds is 14. The zero-order valence-electron chi connectivity index (χ0n) is 70.3. The van der Waals surface area contributed by atoms with Crippen LogP contribution in [-0.4, -0.2) is 129 Å². The third kappa shape index (κ3) is 51.9. The van der Waals surface area contributed by atoms with Gasteiger partial charge in [-0.3, -0.25) is 9.37 Å². The number of aliphatic hydroxyl groups is 6. The SMILES string of the molecule is CC(O)CC(C)O.CC(O)CC(C)O.CC(O)CC(C)O.Cc1[c-]c(-c2ccccn2)cc(C)c1.Fc1c[c-]c(-c2ccc(C(F)(F)F)cn2)cc1.O=C(O)c1ccccn1.O=C(O)c1ccccn1.[Ir].[Ir].[Ir].[Rh].[Rh].[Rh].[c-]1cccc2ccc3cccnc3c12.[c-]1ccccc1-c1ccccn1.[c-]1ccccc1-c1ccccn1.[c-]1ccccc1Cc1ccccn1. The minimum Gasteiger partial charge on any atom is -0.477 e. The van der Waals surface area contributed by atoms with E-state index in [1.807, 2.05) is 170 Å². The number of hydrogen-bond acceptors (Lipinski definition) is 16. The van der Waals surface area contributed by atoms with Crippen LogP contribution in [-0.2, 0) is 131 Å². The maximum Gasteiger partial charge on any atom is 0.417 e. The van der Waals surface area contributed by atoms with Crippen LogP contribution in [0.2, 0.25) is 0 Å². The van der Waals surface area contributed by atoms with Gasteiger partial charge in [0.15, 0.2) is 0 Å². The third-order valence-electron chi connectivity index (χ3n) is 15.6. The second-order valence-electron chi connectivity index (χ2n) is 26.8. The van der Waals surface area contributed by atoms with E-state index in [0.29, 0.717) is 30.5 Å². The molecule has 0 fully saturated rings. The Morgan fingerprint density at radius 2 is 0.780 bits per heavy atom. The number of alkyl halides is 3. The molecule has 0 aliphatic heterocycles. The molecular formula is C99H98F4Ir3N8O10Rh3-6. The predicted molar refractivity (Wildman–Crippen MR) is 465 cm³/mol. The van der Waals surface area contributed by atoms with Crippen LogP contribution in [0.1, 0.15) is 110 Å². The minimum absolute atomic E-state index is 0. The quantitative estimate of drug-likeness (QED) is 0.0217. The second kappa shape index (κ2) is 68.6. The topological polar surface area (TPSA) is 299 Å². The summed E-state index contributed by atoms with van der Waals surface area (Å²) in [5.74, 6) is -2.44. The summed E-state index contributed by atoms with van der Waals surface area (Å²) >= 11 is 0. The monoisotopic (exact) mass is 2520 g/mol. The van der Waals surface area contributed by atoms with Crippen molar-refractivity contribution < 1.29 is 187 Å². The predicted octanol–water partition coefficient (Wildman–Crippen LogP) is 19.6. The van der Waals surface area contributed by atoms with Crippen molar-refractivity contribution in [2.45, 2.75) is 124 Å². The Labute approximate surface area is 819 Å². The van der Waals surface area contributed by atoms with Crippen molar-refractivity contribution in [1.82, 2.24) is 39.9 Å². The maximum absolute atomic E-state index is 12.6. The van der Waals surface area contributed by atoms with Gasteiger partial charge >= 0.3 is 18.1 Å². The molecule has 18 nitrogen and oxygen atoms in total. The summed E-state index contributed by atoms with van der Waals surface area (Å²) in [6.45, 7) is 14.1. The molecule has 0 aliphatic carbocycles. The van der Waals surface area contributed by atoms with Crippen molar-refractivity contribution in [2.24, 2.45) is 0 Å². The summed E-state index contributed by atoms with van der Waals surface area (Å²) in [5.41, 5.74) is 11.9. The fourth-order valence-corrected chi connectivity index (χ4v) is 10.4. The fraction of sp³-hybridized carbons (Fsp3) is 0.192. The van der Waals surface area contributed by atoms with Crippen molar-refractivity contribution in [1.29, 1.82) is 0 Å². The minimum atomic E-state index is -4.40. The molecule has 0 saturated carbocycles. The van der Waals surface area contributed by atoms with Crippen LogP contribution in [0.3, 0.4) is 0 Å². The van der Waals surface area contributed by atoms with Gasteiger partial charge in [-0.15, -0.1) is 172 Å². The molecule has 0 spiro atoms. The number of aromatic carboxylic acids is 2. The number of aryl methyl sites for hydroxylation is 2. The van der Waals surface area contributed by atoms with Crippen molar-refractivity contribution in [3.05, 3.63) is 398 Å². The van der Waals surface area contributed by atoms with Crippen LogP contribution >= 0.6 is 0 Å². The zero-order chi connectivity index (χ0) is 88.2. The standard InChI is InChI=1S/C13H8N.C13H12N.C12H6F4N.C12H10N.2C11H8N.2C6H5NO2.3C5H12O2.3Ir.3Rh/c1-2-6-12-10(4-1)7-8-11-5-3-9-14-13(11)12;1-10-7-11(2)9-12(8-10)13-5-3-4-6-14-13;13-10-4-1-8(2-5-10)11-6-3-9(7-17-11)12(14,15)16;1-2-6-11(7-3-1)10-12-8-4-5-9-13-12;2*1-2-6-10(7-3-1)11-8-4-5-9-12-11;2*8-6(9)5-3-1-2-4-7-5;3*1-4(6)3-5(2)7;;;;;;/h1-5,7-9H;3-8H,1-2H3;1,3-7H;1-6,8-9H,10H2;2*1-6,8-9H;2*1-4H,(H,8,9);3*4-7H,3H2,1-2H3;;;;;;/q6*-1;;;;;;;;;;;. The number of aliphatic hydroxyl groups excluding tert-OH is 6. The molecule has 8 aromatic heterocycles. The van der Waals surface area contributed by atoms with E-state index in [9.17, 15) is 27.2 Å². The fourth-order valence-electron chi connectivity index (χ4n) is 10.4. The summed E-state index contributed by atoms with van der Waals surface area (Å²) in [7, 11) is 0. The number of hydrogen-bond donors (Lipinski definition) is 8. The summed E-state index contributed by atoms with van der Waals surface area (Å²) in [6, 6.07) is 99.7. The molecular weight excluding hydrogens is 2420 g/mol. The van der Waals surface area contributed by atoms with Gasteiger partial charge in [0.05, 0.1) is 42.2 Å². The van der Waals surface area contributed by atoms with Crippen molar-refractivity contribution in [2.75, 3.05) is 0 Å². The molecule has 8 heterocycles. The van der Waals surface area contributed by atoms with Crippen LogP contribution < -0.4 is 0 Å². The zero-order valence-corrected chi connectivity index (χ0v) is 82.4. The second-order valence-corrected chi connectivity index (χ2v) is 26.8. The molecule has 15 rings (SSSR count). The number of carboxylic acids is 2. The van der Waals surface area contributed by atoms with Gasteiger partial charge in [-0.1, -0.05) is 98.8 Å². The molecule has 7 aromatic carbocycles. The molecule has 8 N–H and O–H groups in total. The van der Waals surface area contributed by atoms with E-state index in [-0.39, 0.29) is 167 Å². The van der Waals surface area contributed by atoms with Crippen LogP contribution in [0.15, 0.2) is 316 Å². The molecule has 0 aliphatic rings. The number of nitrogens with zero attached hydrogens (tertiary/aromatic N) is 8. The summed E-state index contributed by atoms with van der Waals surface area (Å²) in [6.07, 6.45) is 8.28. The van der Waals surface area contributed by atoms with E-state index < -0.39 is 29.5 Å². The number of pyridine rings is 8. The average molecular weight is 2520 g/mol.